The van der Waals surface area contributed by atoms with Crippen LogP contribution in [0.4, 0.5) is 11.5 Å². The van der Waals surface area contributed by atoms with Gasteiger partial charge in [0.15, 0.2) is 5.82 Å². The fourth-order valence-corrected chi connectivity index (χ4v) is 0.431. The minimum atomic E-state index is 0.238. The van der Waals surface area contributed by atoms with Crippen molar-refractivity contribution in [3.05, 3.63) is 5.69 Å². The van der Waals surface area contributed by atoms with Crippen molar-refractivity contribution in [2.24, 2.45) is 0 Å². The van der Waals surface area contributed by atoms with E-state index in [1.54, 1.807) is 6.92 Å². The summed E-state index contributed by atoms with van der Waals surface area (Å²) >= 11 is 0. The third-order valence-corrected chi connectivity index (χ3v) is 1.01. The third-order valence-electron chi connectivity index (χ3n) is 1.01. The molecule has 1 aromatic rings. The highest BCUT2D eigenvalue weighted by Gasteiger charge is 1.98. The van der Waals surface area contributed by atoms with Gasteiger partial charge in [-0.25, -0.2) is 0 Å². The van der Waals surface area contributed by atoms with Crippen molar-refractivity contribution in [3.8, 4) is 0 Å². The van der Waals surface area contributed by atoms with Crippen LogP contribution >= 0.6 is 0 Å². The van der Waals surface area contributed by atoms with E-state index in [4.69, 9.17) is 11.5 Å². The number of aryl methyl sites for hydroxylation is 1. The summed E-state index contributed by atoms with van der Waals surface area (Å²) in [5.41, 5.74) is 11.7. The van der Waals surface area contributed by atoms with Gasteiger partial charge in [-0.3, -0.25) is 0 Å². The van der Waals surface area contributed by atoms with Crippen LogP contribution in [0.15, 0.2) is 0 Å². The number of nitrogen functional groups attached to an aromatic ring is 2. The zero-order valence-corrected chi connectivity index (χ0v) is 5.00. The van der Waals surface area contributed by atoms with Crippen LogP contribution in [0.2, 0.25) is 0 Å². The first-order valence-electron chi connectivity index (χ1n) is 2.42. The molecule has 4 N–H and O–H groups in total. The van der Waals surface area contributed by atoms with Crippen LogP contribution in [0, 0.1) is 6.92 Å². The van der Waals surface area contributed by atoms with Crippen molar-refractivity contribution in [2.45, 2.75) is 6.92 Å². The van der Waals surface area contributed by atoms with E-state index in [0.717, 1.165) is 0 Å². The maximum absolute atomic E-state index is 5.39. The van der Waals surface area contributed by atoms with Crippen molar-refractivity contribution >= 4 is 11.5 Å². The number of nitrogens with two attached hydrogens (primary N) is 2. The van der Waals surface area contributed by atoms with Crippen molar-refractivity contribution in [1.82, 2.24) is 15.4 Å². The number of hydrogen-bond acceptors (Lipinski definition) is 5. The van der Waals surface area contributed by atoms with E-state index < -0.39 is 0 Å². The van der Waals surface area contributed by atoms with Crippen molar-refractivity contribution in [1.29, 1.82) is 0 Å². The topological polar surface area (TPSA) is 90.7 Å². The molecular weight excluding hydrogens is 118 g/mol. The number of nitrogens with zero attached hydrogens (tertiary/aromatic N) is 3. The molecule has 1 aromatic heterocycles. The Hall–Kier alpha value is -1.39. The smallest absolute Gasteiger partial charge is 0.173 e. The van der Waals surface area contributed by atoms with Crippen LogP contribution in [0.5, 0.6) is 0 Å². The van der Waals surface area contributed by atoms with Crippen molar-refractivity contribution in [2.75, 3.05) is 11.5 Å². The first-order chi connectivity index (χ1) is 4.22. The quantitative estimate of drug-likeness (QED) is 0.480. The van der Waals surface area contributed by atoms with Gasteiger partial charge in [0.2, 0.25) is 0 Å². The van der Waals surface area contributed by atoms with E-state index in [1.807, 2.05) is 0 Å². The second kappa shape index (κ2) is 1.85. The molecule has 5 nitrogen and oxygen atoms in total. The monoisotopic (exact) mass is 125 g/mol. The molecule has 0 aliphatic carbocycles. The lowest BCUT2D eigenvalue weighted by molar-refractivity contribution is 0.851. The second-order valence-corrected chi connectivity index (χ2v) is 1.67. The molecule has 0 aliphatic heterocycles. The number of aromatic nitrogens is 3. The molecule has 0 radical (unpaired) electrons. The fraction of sp³-hybridized carbons (Fsp3) is 0.250. The minimum Gasteiger partial charge on any atom is -0.394 e. The van der Waals surface area contributed by atoms with Gasteiger partial charge in [-0.2, -0.15) is 0 Å². The summed E-state index contributed by atoms with van der Waals surface area (Å²) in [6.45, 7) is 1.72. The van der Waals surface area contributed by atoms with E-state index in [-0.39, 0.29) is 5.82 Å². The van der Waals surface area contributed by atoms with E-state index >= 15 is 0 Å². The molecule has 9 heavy (non-hydrogen) atoms. The lowest BCUT2D eigenvalue weighted by Gasteiger charge is -1.96. The van der Waals surface area contributed by atoms with Gasteiger partial charge in [0.05, 0.1) is 11.4 Å². The minimum absolute atomic E-state index is 0.238. The molecule has 0 aromatic carbocycles. The molecule has 0 fully saturated rings. The van der Waals surface area contributed by atoms with Crippen LogP contribution in [-0.4, -0.2) is 15.4 Å². The van der Waals surface area contributed by atoms with Gasteiger partial charge in [-0.05, 0) is 12.1 Å². The number of anilines is 2. The Kier molecular flexibility index (Phi) is 1.18. The summed E-state index contributed by atoms with van der Waals surface area (Å²) in [5, 5.41) is 10.3. The van der Waals surface area contributed by atoms with Gasteiger partial charge in [0, 0.05) is 0 Å². The molecule has 1 rings (SSSR count). The van der Waals surface area contributed by atoms with Crippen LogP contribution in [-0.2, 0) is 0 Å². The Balaban J connectivity index is 3.25. The molecule has 5 heteroatoms. The van der Waals surface area contributed by atoms with E-state index in [9.17, 15) is 0 Å². The van der Waals surface area contributed by atoms with E-state index in [1.165, 1.54) is 0 Å². The van der Waals surface area contributed by atoms with Gasteiger partial charge in [-0.1, -0.05) is 0 Å². The van der Waals surface area contributed by atoms with E-state index in [2.05, 4.69) is 15.4 Å². The van der Waals surface area contributed by atoms with E-state index in [0.29, 0.717) is 11.4 Å². The van der Waals surface area contributed by atoms with Gasteiger partial charge in [-0.15, -0.1) is 10.2 Å². The molecule has 0 bridgehead atoms. The fourth-order valence-electron chi connectivity index (χ4n) is 0.431. The molecule has 0 saturated heterocycles. The molecule has 0 atom stereocenters. The van der Waals surface area contributed by atoms with Crippen LogP contribution in [0.3, 0.4) is 0 Å². The summed E-state index contributed by atoms with van der Waals surface area (Å²) in [4.78, 5) is 0. The second-order valence-electron chi connectivity index (χ2n) is 1.67. The highest BCUT2D eigenvalue weighted by Crippen LogP contribution is 2.09. The lowest BCUT2D eigenvalue weighted by Crippen LogP contribution is -2.04. The Morgan fingerprint density at radius 2 is 1.89 bits per heavy atom. The van der Waals surface area contributed by atoms with Crippen molar-refractivity contribution in [3.63, 3.8) is 0 Å². The van der Waals surface area contributed by atoms with Crippen LogP contribution in [0.25, 0.3) is 0 Å². The normalized spacial score (nSPS) is 9.44. The summed E-state index contributed by atoms with van der Waals surface area (Å²) in [7, 11) is 0. The average molecular weight is 125 g/mol. The zero-order valence-electron chi connectivity index (χ0n) is 5.00. The first-order valence-corrected chi connectivity index (χ1v) is 2.42. The van der Waals surface area contributed by atoms with Crippen molar-refractivity contribution < 1.29 is 0 Å². The van der Waals surface area contributed by atoms with Gasteiger partial charge in [0.1, 0.15) is 0 Å². The largest absolute Gasteiger partial charge is 0.394 e. The summed E-state index contributed by atoms with van der Waals surface area (Å²) in [6.07, 6.45) is 0. The molecule has 0 spiro atoms. The predicted octanol–water partition coefficient (Wildman–Crippen LogP) is -0.656. The van der Waals surface area contributed by atoms with Gasteiger partial charge in [0.25, 0.3) is 0 Å². The average Bonchev–Trinajstić information content (AvgIpc) is 1.83. The summed E-state index contributed by atoms with van der Waals surface area (Å²) in [5.74, 6) is 0.238. The summed E-state index contributed by atoms with van der Waals surface area (Å²) < 4.78 is 0. The SMILES string of the molecule is Cc1nnnc(N)c1N. The highest BCUT2D eigenvalue weighted by atomic mass is 15.3. The number of hydrogen-bond donors (Lipinski definition) is 2. The number of rotatable bonds is 0. The molecule has 1 heterocycles. The summed E-state index contributed by atoms with van der Waals surface area (Å²) in [6, 6.07) is 0. The lowest BCUT2D eigenvalue weighted by atomic mass is 10.4. The molecule has 0 amide bonds. The predicted molar refractivity (Wildman–Crippen MR) is 33.4 cm³/mol. The molecule has 0 unspecified atom stereocenters. The van der Waals surface area contributed by atoms with Gasteiger partial charge < -0.3 is 11.5 Å². The third kappa shape index (κ3) is 0.883. The molecule has 0 saturated carbocycles. The Morgan fingerprint density at radius 3 is 2.33 bits per heavy atom. The zero-order chi connectivity index (χ0) is 6.85. The Labute approximate surface area is 52.1 Å². The standard InChI is InChI=1S/C4H7N5/c1-2-3(5)4(6)8-9-7-2/h1H3,(H2,5,9)(H2,6,7,8). The Bertz CT molecular complexity index is 200. The molecule has 48 valence electrons. The highest BCUT2D eigenvalue weighted by molar-refractivity contribution is 5.58. The molecular formula is C4H7N5. The molecule has 0 aliphatic rings. The van der Waals surface area contributed by atoms with Crippen LogP contribution < -0.4 is 11.5 Å². The first kappa shape index (κ1) is 5.74. The Morgan fingerprint density at radius 1 is 1.22 bits per heavy atom. The van der Waals surface area contributed by atoms with Gasteiger partial charge >= 0.3 is 0 Å². The maximum atomic E-state index is 5.39. The maximum Gasteiger partial charge on any atom is 0.173 e. The van der Waals surface area contributed by atoms with Crippen LogP contribution in [0.1, 0.15) is 5.69 Å².